The van der Waals surface area contributed by atoms with Crippen molar-refractivity contribution in [2.75, 3.05) is 0 Å². The molecular weight excluding hydrogens is 286 g/mol. The molecule has 2 aromatic carbocycles. The summed E-state index contributed by atoms with van der Waals surface area (Å²) in [5.41, 5.74) is 11.2. The quantitative estimate of drug-likeness (QED) is 0.895. The molecule has 0 aliphatic heterocycles. The van der Waals surface area contributed by atoms with E-state index in [-0.39, 0.29) is 6.04 Å². The van der Waals surface area contributed by atoms with Crippen molar-refractivity contribution in [3.05, 3.63) is 69.2 Å². The monoisotopic (exact) mass is 303 g/mol. The molecule has 18 heavy (non-hydrogen) atoms. The summed E-state index contributed by atoms with van der Waals surface area (Å²) >= 11 is 3.59. The lowest BCUT2D eigenvalue weighted by Gasteiger charge is -2.15. The lowest BCUT2D eigenvalue weighted by Crippen LogP contribution is -2.12. The molecule has 0 bridgehead atoms. The predicted molar refractivity (Wildman–Crippen MR) is 80.7 cm³/mol. The zero-order valence-corrected chi connectivity index (χ0v) is 12.4. The van der Waals surface area contributed by atoms with Crippen LogP contribution in [0.1, 0.15) is 35.2 Å². The number of aryl methyl sites for hydroxylation is 2. The van der Waals surface area contributed by atoms with Gasteiger partial charge in [-0.1, -0.05) is 59.3 Å². The normalized spacial score (nSPS) is 12.4. The minimum absolute atomic E-state index is 0.0779. The van der Waals surface area contributed by atoms with E-state index in [1.807, 2.05) is 0 Å². The van der Waals surface area contributed by atoms with E-state index < -0.39 is 0 Å². The van der Waals surface area contributed by atoms with Crippen LogP contribution in [0.25, 0.3) is 0 Å². The third kappa shape index (κ3) is 2.82. The number of benzene rings is 2. The van der Waals surface area contributed by atoms with Gasteiger partial charge in [0.25, 0.3) is 0 Å². The molecule has 0 saturated carbocycles. The number of halogens is 1. The maximum absolute atomic E-state index is 6.33. The lowest BCUT2D eigenvalue weighted by atomic mass is 9.97. The topological polar surface area (TPSA) is 26.0 Å². The second-order valence-corrected chi connectivity index (χ2v) is 5.45. The second-order valence-electron chi connectivity index (χ2n) is 4.60. The molecule has 94 valence electrons. The number of rotatable bonds is 3. The Bertz CT molecular complexity index is 531. The smallest absolute Gasteiger partial charge is 0.0562 e. The van der Waals surface area contributed by atoms with Gasteiger partial charge in [0.1, 0.15) is 0 Å². The van der Waals surface area contributed by atoms with Crippen molar-refractivity contribution in [3.8, 4) is 0 Å². The van der Waals surface area contributed by atoms with Gasteiger partial charge in [-0.2, -0.15) is 0 Å². The van der Waals surface area contributed by atoms with Crippen molar-refractivity contribution in [2.24, 2.45) is 5.73 Å². The fraction of sp³-hybridized carbons (Fsp3) is 0.250. The van der Waals surface area contributed by atoms with Crippen molar-refractivity contribution in [2.45, 2.75) is 26.3 Å². The van der Waals surface area contributed by atoms with E-state index in [2.05, 4.69) is 72.2 Å². The highest BCUT2D eigenvalue weighted by molar-refractivity contribution is 9.10. The van der Waals surface area contributed by atoms with Crippen LogP contribution in [0.4, 0.5) is 0 Å². The maximum Gasteiger partial charge on any atom is 0.0562 e. The molecule has 0 saturated heterocycles. The first-order valence-corrected chi connectivity index (χ1v) is 7.01. The van der Waals surface area contributed by atoms with Crippen LogP contribution in [-0.4, -0.2) is 0 Å². The van der Waals surface area contributed by atoms with Crippen LogP contribution in [0.3, 0.4) is 0 Å². The minimum Gasteiger partial charge on any atom is -0.320 e. The minimum atomic E-state index is -0.0779. The molecule has 0 fully saturated rings. The third-order valence-electron chi connectivity index (χ3n) is 3.24. The highest BCUT2D eigenvalue weighted by atomic mass is 79.9. The van der Waals surface area contributed by atoms with E-state index in [1.165, 1.54) is 11.1 Å². The Morgan fingerprint density at radius 1 is 1.11 bits per heavy atom. The fourth-order valence-electron chi connectivity index (χ4n) is 2.02. The molecule has 1 unspecified atom stereocenters. The Morgan fingerprint density at radius 3 is 2.33 bits per heavy atom. The van der Waals surface area contributed by atoms with Gasteiger partial charge in [-0.05, 0) is 41.7 Å². The summed E-state index contributed by atoms with van der Waals surface area (Å²) < 4.78 is 1.08. The number of hydrogen-bond donors (Lipinski definition) is 1. The summed E-state index contributed by atoms with van der Waals surface area (Å²) in [6.07, 6.45) is 1.06. The molecule has 2 heteroatoms. The molecular formula is C16H18BrN. The Labute approximate surface area is 117 Å². The summed E-state index contributed by atoms with van der Waals surface area (Å²) in [5.74, 6) is 0. The largest absolute Gasteiger partial charge is 0.320 e. The van der Waals surface area contributed by atoms with Crippen molar-refractivity contribution < 1.29 is 0 Å². The summed E-state index contributed by atoms with van der Waals surface area (Å²) in [6.45, 7) is 4.24. The highest BCUT2D eigenvalue weighted by Crippen LogP contribution is 2.27. The summed E-state index contributed by atoms with van der Waals surface area (Å²) in [6, 6.07) is 14.8. The first kappa shape index (κ1) is 13.3. The Hall–Kier alpha value is -1.12. The fourth-order valence-corrected chi connectivity index (χ4v) is 2.76. The molecule has 0 aliphatic carbocycles. The van der Waals surface area contributed by atoms with E-state index in [9.17, 15) is 0 Å². The zero-order valence-electron chi connectivity index (χ0n) is 10.8. The molecule has 0 amide bonds. The average Bonchev–Trinajstić information content (AvgIpc) is 2.38. The van der Waals surface area contributed by atoms with Gasteiger partial charge < -0.3 is 5.73 Å². The van der Waals surface area contributed by atoms with Gasteiger partial charge in [0, 0.05) is 4.47 Å². The third-order valence-corrected chi connectivity index (χ3v) is 3.92. The Morgan fingerprint density at radius 2 is 1.78 bits per heavy atom. The van der Waals surface area contributed by atoms with E-state index in [4.69, 9.17) is 5.73 Å². The van der Waals surface area contributed by atoms with Crippen LogP contribution >= 0.6 is 15.9 Å². The van der Waals surface area contributed by atoms with Crippen molar-refractivity contribution >= 4 is 15.9 Å². The lowest BCUT2D eigenvalue weighted by molar-refractivity contribution is 0.863. The summed E-state index contributed by atoms with van der Waals surface area (Å²) in [4.78, 5) is 0. The van der Waals surface area contributed by atoms with E-state index in [1.54, 1.807) is 0 Å². The summed E-state index contributed by atoms with van der Waals surface area (Å²) in [5, 5.41) is 0. The van der Waals surface area contributed by atoms with Gasteiger partial charge in [0.05, 0.1) is 6.04 Å². The Kier molecular flexibility index (Phi) is 4.20. The van der Waals surface area contributed by atoms with Crippen molar-refractivity contribution in [1.29, 1.82) is 0 Å². The predicted octanol–water partition coefficient (Wildman–Crippen LogP) is 4.37. The van der Waals surface area contributed by atoms with Gasteiger partial charge in [0.15, 0.2) is 0 Å². The first-order valence-electron chi connectivity index (χ1n) is 6.22. The molecule has 2 aromatic rings. The van der Waals surface area contributed by atoms with Crippen molar-refractivity contribution in [3.63, 3.8) is 0 Å². The van der Waals surface area contributed by atoms with Gasteiger partial charge in [-0.15, -0.1) is 0 Å². The molecule has 0 heterocycles. The molecule has 1 atom stereocenters. The SMILES string of the molecule is CCc1ccc(C(N)c2ccc(C)cc2Br)cc1. The molecule has 2 rings (SSSR count). The summed E-state index contributed by atoms with van der Waals surface area (Å²) in [7, 11) is 0. The molecule has 0 radical (unpaired) electrons. The van der Waals surface area contributed by atoms with E-state index >= 15 is 0 Å². The molecule has 2 N–H and O–H groups in total. The van der Waals surface area contributed by atoms with Gasteiger partial charge in [-0.25, -0.2) is 0 Å². The maximum atomic E-state index is 6.33. The van der Waals surface area contributed by atoms with Crippen molar-refractivity contribution in [1.82, 2.24) is 0 Å². The molecule has 0 aliphatic rings. The van der Waals surface area contributed by atoms with Crippen LogP contribution in [0, 0.1) is 6.92 Å². The van der Waals surface area contributed by atoms with E-state index in [0.717, 1.165) is 22.0 Å². The van der Waals surface area contributed by atoms with Crippen LogP contribution < -0.4 is 5.73 Å². The standard InChI is InChI=1S/C16H18BrN/c1-3-12-5-7-13(8-6-12)16(18)14-9-4-11(2)10-15(14)17/h4-10,16H,3,18H2,1-2H3. The molecule has 0 spiro atoms. The van der Waals surface area contributed by atoms with Crippen LogP contribution in [0.2, 0.25) is 0 Å². The van der Waals surface area contributed by atoms with Gasteiger partial charge in [0.2, 0.25) is 0 Å². The van der Waals surface area contributed by atoms with Gasteiger partial charge >= 0.3 is 0 Å². The molecule has 1 nitrogen and oxygen atoms in total. The zero-order chi connectivity index (χ0) is 13.1. The molecule has 0 aromatic heterocycles. The van der Waals surface area contributed by atoms with Gasteiger partial charge in [-0.3, -0.25) is 0 Å². The number of nitrogens with two attached hydrogens (primary N) is 1. The average molecular weight is 304 g/mol. The Balaban J connectivity index is 2.31. The first-order chi connectivity index (χ1) is 8.61. The second kappa shape index (κ2) is 5.68. The van der Waals surface area contributed by atoms with Crippen LogP contribution in [0.5, 0.6) is 0 Å². The van der Waals surface area contributed by atoms with Crippen LogP contribution in [-0.2, 0) is 6.42 Å². The van der Waals surface area contributed by atoms with E-state index in [0.29, 0.717) is 0 Å². The number of hydrogen-bond acceptors (Lipinski definition) is 1. The highest BCUT2D eigenvalue weighted by Gasteiger charge is 2.11. The van der Waals surface area contributed by atoms with Crippen LogP contribution in [0.15, 0.2) is 46.9 Å².